The number of carbonyl (C=O) groups is 1. The monoisotopic (exact) mass is 548 g/mol. The average molecular weight is 549 g/mol. The molecule has 3 saturated carbocycles. The van der Waals surface area contributed by atoms with Crippen LogP contribution in [0.15, 0.2) is 11.6 Å². The molecule has 37 heavy (non-hydrogen) atoms. The first-order chi connectivity index (χ1) is 17.8. The van der Waals surface area contributed by atoms with Gasteiger partial charge in [0.1, 0.15) is 5.38 Å². The van der Waals surface area contributed by atoms with Crippen LogP contribution in [0, 0.1) is 34.5 Å². The molecular formula is C34H57ClOS. The molecule has 0 heterocycles. The number of hydrogen-bond donors (Lipinski definition) is 0. The summed E-state index contributed by atoms with van der Waals surface area (Å²) >= 11 is 8.08. The van der Waals surface area contributed by atoms with Gasteiger partial charge in [0.2, 0.25) is 5.12 Å². The number of rotatable bonds is 13. The zero-order chi connectivity index (χ0) is 26.5. The zero-order valence-electron chi connectivity index (χ0n) is 24.7. The molecule has 0 aromatic carbocycles. The van der Waals surface area contributed by atoms with E-state index in [1.807, 2.05) is 0 Å². The first kappa shape index (κ1) is 30.0. The Kier molecular flexibility index (Phi) is 11.0. The number of halogens is 1. The van der Waals surface area contributed by atoms with Crippen LogP contribution in [0.3, 0.4) is 0 Å². The summed E-state index contributed by atoms with van der Waals surface area (Å²) in [6, 6.07) is 0. The maximum absolute atomic E-state index is 12.8. The Morgan fingerprint density at radius 2 is 1.68 bits per heavy atom. The van der Waals surface area contributed by atoms with Crippen molar-refractivity contribution < 1.29 is 4.79 Å². The number of unbranched alkanes of at least 4 members (excludes halogenated alkanes) is 7. The van der Waals surface area contributed by atoms with Crippen LogP contribution in [0.25, 0.3) is 0 Å². The van der Waals surface area contributed by atoms with Crippen LogP contribution in [0.4, 0.5) is 0 Å². The van der Waals surface area contributed by atoms with E-state index in [2.05, 4.69) is 33.8 Å². The minimum absolute atomic E-state index is 0.233. The van der Waals surface area contributed by atoms with Gasteiger partial charge >= 0.3 is 0 Å². The summed E-state index contributed by atoms with van der Waals surface area (Å²) in [4.78, 5) is 12.8. The molecule has 4 aliphatic rings. The van der Waals surface area contributed by atoms with Crippen molar-refractivity contribution >= 4 is 28.5 Å². The highest BCUT2D eigenvalue weighted by Gasteiger charge is 2.58. The van der Waals surface area contributed by atoms with Gasteiger partial charge in [0, 0.05) is 5.25 Å². The second-order valence-electron chi connectivity index (χ2n) is 13.9. The molecule has 212 valence electrons. The number of hydrogen-bond acceptors (Lipinski definition) is 2. The van der Waals surface area contributed by atoms with Gasteiger partial charge in [-0.2, -0.15) is 0 Å². The van der Waals surface area contributed by atoms with Crippen LogP contribution >= 0.6 is 23.4 Å². The Labute approximate surface area is 239 Å². The van der Waals surface area contributed by atoms with Gasteiger partial charge in [-0.15, -0.1) is 11.6 Å². The van der Waals surface area contributed by atoms with Gasteiger partial charge in [0.25, 0.3) is 0 Å². The molecule has 1 nitrogen and oxygen atoms in total. The van der Waals surface area contributed by atoms with Crippen molar-refractivity contribution in [1.82, 2.24) is 0 Å². The van der Waals surface area contributed by atoms with Crippen LogP contribution in [0.1, 0.15) is 150 Å². The standard InChI is InChI=1S/C34H57ClOS/c1-5-7-9-10-11-13-14-25-17-19-29-28-18-16-26-24-27(37-32(36)31(35)15-12-8-6-2)20-22-34(26,4)30(28)21-23-33(25,29)3/h16,25,27-31H,5-15,17-24H2,1-4H3/t25-,27-,28-,29-,30-,31-,33+,34-/m0/s1. The molecule has 4 rings (SSSR count). The summed E-state index contributed by atoms with van der Waals surface area (Å²) < 4.78 is 0. The fraction of sp³-hybridized carbons (Fsp3) is 0.912. The number of carbonyl (C=O) groups excluding carboxylic acids is 1. The Balaban J connectivity index is 1.32. The average Bonchev–Trinajstić information content (AvgIpc) is 3.22. The molecule has 0 aliphatic heterocycles. The van der Waals surface area contributed by atoms with Crippen molar-refractivity contribution in [3.05, 3.63) is 11.6 Å². The molecule has 0 radical (unpaired) electrons. The Hall–Kier alpha value is 0.0500. The lowest BCUT2D eigenvalue weighted by molar-refractivity contribution is -0.110. The third kappa shape index (κ3) is 6.69. The fourth-order valence-electron chi connectivity index (χ4n) is 9.41. The van der Waals surface area contributed by atoms with Crippen molar-refractivity contribution in [3.63, 3.8) is 0 Å². The smallest absolute Gasteiger partial charge is 0.207 e. The molecule has 0 unspecified atom stereocenters. The van der Waals surface area contributed by atoms with Crippen molar-refractivity contribution in [2.24, 2.45) is 34.5 Å². The lowest BCUT2D eigenvalue weighted by Gasteiger charge is -2.58. The second-order valence-corrected chi connectivity index (χ2v) is 15.7. The van der Waals surface area contributed by atoms with Crippen LogP contribution in [-0.4, -0.2) is 15.7 Å². The number of alkyl halides is 1. The maximum Gasteiger partial charge on any atom is 0.207 e. The van der Waals surface area contributed by atoms with Gasteiger partial charge in [-0.1, -0.05) is 109 Å². The normalized spacial score (nSPS) is 37.9. The summed E-state index contributed by atoms with van der Waals surface area (Å²) in [5.41, 5.74) is 2.68. The van der Waals surface area contributed by atoms with Gasteiger partial charge in [0.15, 0.2) is 0 Å². The molecule has 3 fully saturated rings. The Morgan fingerprint density at radius 3 is 2.46 bits per heavy atom. The van der Waals surface area contributed by atoms with Gasteiger partial charge < -0.3 is 0 Å². The van der Waals surface area contributed by atoms with Gasteiger partial charge in [-0.05, 0) is 98.7 Å². The number of fused-ring (bicyclic) bond motifs is 5. The maximum atomic E-state index is 12.8. The van der Waals surface area contributed by atoms with Crippen LogP contribution in [0.2, 0.25) is 0 Å². The molecule has 3 heteroatoms. The molecule has 4 aliphatic carbocycles. The van der Waals surface area contributed by atoms with E-state index < -0.39 is 0 Å². The van der Waals surface area contributed by atoms with E-state index in [1.54, 1.807) is 17.3 Å². The topological polar surface area (TPSA) is 17.1 Å². The summed E-state index contributed by atoms with van der Waals surface area (Å²) in [5, 5.41) is 0.381. The van der Waals surface area contributed by atoms with Crippen LogP contribution in [0.5, 0.6) is 0 Å². The lowest BCUT2D eigenvalue weighted by atomic mass is 9.47. The van der Waals surface area contributed by atoms with Crippen molar-refractivity contribution in [2.75, 3.05) is 0 Å². The largest absolute Gasteiger partial charge is 0.286 e. The molecule has 0 spiro atoms. The van der Waals surface area contributed by atoms with Crippen LogP contribution < -0.4 is 0 Å². The molecule has 0 aromatic heterocycles. The predicted octanol–water partition coefficient (Wildman–Crippen LogP) is 11.1. The third-order valence-electron chi connectivity index (χ3n) is 11.8. The van der Waals surface area contributed by atoms with Crippen molar-refractivity contribution in [2.45, 2.75) is 160 Å². The predicted molar refractivity (Wildman–Crippen MR) is 163 cm³/mol. The minimum atomic E-state index is -0.294. The van der Waals surface area contributed by atoms with E-state index in [0.717, 1.165) is 42.9 Å². The number of thioether (sulfide) groups is 1. The van der Waals surface area contributed by atoms with Gasteiger partial charge in [0.05, 0.1) is 0 Å². The third-order valence-corrected chi connectivity index (χ3v) is 13.6. The minimum Gasteiger partial charge on any atom is -0.286 e. The summed E-state index contributed by atoms with van der Waals surface area (Å²) in [5.74, 6) is 3.69. The van der Waals surface area contributed by atoms with Gasteiger partial charge in [-0.25, -0.2) is 0 Å². The number of allylic oxidation sites excluding steroid dienone is 2. The van der Waals surface area contributed by atoms with Crippen LogP contribution in [-0.2, 0) is 4.79 Å². The van der Waals surface area contributed by atoms with E-state index >= 15 is 0 Å². The van der Waals surface area contributed by atoms with Crippen molar-refractivity contribution in [1.29, 1.82) is 0 Å². The molecule has 8 atom stereocenters. The summed E-state index contributed by atoms with van der Waals surface area (Å²) in [6.07, 6.45) is 27.8. The van der Waals surface area contributed by atoms with E-state index in [0.29, 0.717) is 16.1 Å². The summed E-state index contributed by atoms with van der Waals surface area (Å²) in [6.45, 7) is 9.83. The molecule has 0 N–H and O–H groups in total. The highest BCUT2D eigenvalue weighted by Crippen LogP contribution is 2.67. The first-order valence-electron chi connectivity index (χ1n) is 16.4. The van der Waals surface area contributed by atoms with Gasteiger partial charge in [-0.3, -0.25) is 4.79 Å². The zero-order valence-corrected chi connectivity index (χ0v) is 26.2. The molecule has 0 aromatic rings. The first-order valence-corrected chi connectivity index (χ1v) is 17.7. The highest BCUT2D eigenvalue weighted by molar-refractivity contribution is 8.14. The lowest BCUT2D eigenvalue weighted by Crippen LogP contribution is -2.50. The van der Waals surface area contributed by atoms with Crippen molar-refractivity contribution in [3.8, 4) is 0 Å². The van der Waals surface area contributed by atoms with E-state index in [9.17, 15) is 4.79 Å². The molecular weight excluding hydrogens is 492 g/mol. The highest BCUT2D eigenvalue weighted by atomic mass is 35.5. The Morgan fingerprint density at radius 1 is 0.946 bits per heavy atom. The van der Waals surface area contributed by atoms with E-state index in [1.165, 1.54) is 103 Å². The summed E-state index contributed by atoms with van der Waals surface area (Å²) in [7, 11) is 0. The quantitative estimate of drug-likeness (QED) is 0.129. The Bertz CT molecular complexity index is 778. The molecule has 0 saturated heterocycles. The SMILES string of the molecule is CCCCCCCC[C@H]1CC[C@H]2[C@@H]3CC=C4C[C@@H](SC(=O)[C@@H](Cl)CCCCC)CC[C@]4(C)[C@H]3CC[C@]12C. The van der Waals surface area contributed by atoms with E-state index in [-0.39, 0.29) is 10.5 Å². The second kappa shape index (κ2) is 13.6. The van der Waals surface area contributed by atoms with E-state index in [4.69, 9.17) is 11.6 Å². The molecule has 0 bridgehead atoms. The molecule has 0 amide bonds. The fourth-order valence-corrected chi connectivity index (χ4v) is 10.8.